The normalized spacial score (nSPS) is 12.9. The van der Waals surface area contributed by atoms with Crippen LogP contribution in [0.25, 0.3) is 11.0 Å². The smallest absolute Gasteiger partial charge is 0.139 e. The highest BCUT2D eigenvalue weighted by molar-refractivity contribution is 5.88. The van der Waals surface area contributed by atoms with Gasteiger partial charge in [-0.2, -0.15) is 0 Å². The predicted molar refractivity (Wildman–Crippen MR) is 65.5 cm³/mol. The molecule has 1 unspecified atom stereocenters. The van der Waals surface area contributed by atoms with Crippen molar-refractivity contribution in [2.75, 3.05) is 18.5 Å². The van der Waals surface area contributed by atoms with Gasteiger partial charge in [0.05, 0.1) is 11.6 Å². The standard InChI is InChI=1S/C12H17N3O/c1-9(13)4-7-15(2)12-10-5-8-16-11(10)3-6-14-12/h3,5-6,8-9H,4,7,13H2,1-2H3. The molecule has 16 heavy (non-hydrogen) atoms. The molecule has 0 fully saturated rings. The van der Waals surface area contributed by atoms with E-state index in [-0.39, 0.29) is 6.04 Å². The average molecular weight is 219 g/mol. The van der Waals surface area contributed by atoms with Crippen LogP contribution in [-0.2, 0) is 0 Å². The lowest BCUT2D eigenvalue weighted by molar-refractivity contribution is 0.615. The van der Waals surface area contributed by atoms with Gasteiger partial charge in [-0.15, -0.1) is 0 Å². The van der Waals surface area contributed by atoms with E-state index < -0.39 is 0 Å². The van der Waals surface area contributed by atoms with Crippen LogP contribution in [0.5, 0.6) is 0 Å². The fraction of sp³-hybridized carbons (Fsp3) is 0.417. The molecule has 86 valence electrons. The second-order valence-electron chi connectivity index (χ2n) is 4.15. The molecule has 4 nitrogen and oxygen atoms in total. The largest absolute Gasteiger partial charge is 0.464 e. The SMILES string of the molecule is CC(N)CCN(C)c1nccc2occc12. The Kier molecular flexibility index (Phi) is 3.10. The number of fused-ring (bicyclic) bond motifs is 1. The monoisotopic (exact) mass is 219 g/mol. The third-order valence-electron chi connectivity index (χ3n) is 2.64. The first kappa shape index (κ1) is 11.0. The lowest BCUT2D eigenvalue weighted by Gasteiger charge is -2.19. The van der Waals surface area contributed by atoms with Gasteiger partial charge in [-0.3, -0.25) is 0 Å². The van der Waals surface area contributed by atoms with Crippen LogP contribution in [0.1, 0.15) is 13.3 Å². The Balaban J connectivity index is 2.22. The van der Waals surface area contributed by atoms with Gasteiger partial charge >= 0.3 is 0 Å². The molecule has 2 heterocycles. The fourth-order valence-corrected chi connectivity index (χ4v) is 1.69. The Morgan fingerprint density at radius 2 is 2.31 bits per heavy atom. The van der Waals surface area contributed by atoms with Crippen LogP contribution >= 0.6 is 0 Å². The van der Waals surface area contributed by atoms with Gasteiger partial charge in [0.2, 0.25) is 0 Å². The fourth-order valence-electron chi connectivity index (χ4n) is 1.69. The molecule has 1 atom stereocenters. The molecule has 2 N–H and O–H groups in total. The number of anilines is 1. The zero-order valence-electron chi connectivity index (χ0n) is 9.68. The molecule has 0 bridgehead atoms. The Morgan fingerprint density at radius 1 is 1.50 bits per heavy atom. The summed E-state index contributed by atoms with van der Waals surface area (Å²) in [6.45, 7) is 2.91. The number of aromatic nitrogens is 1. The van der Waals surface area contributed by atoms with E-state index in [4.69, 9.17) is 10.2 Å². The maximum atomic E-state index is 5.75. The summed E-state index contributed by atoms with van der Waals surface area (Å²) in [5, 5.41) is 1.05. The van der Waals surface area contributed by atoms with E-state index in [1.165, 1.54) is 0 Å². The minimum Gasteiger partial charge on any atom is -0.464 e. The Labute approximate surface area is 95.1 Å². The molecule has 0 aromatic carbocycles. The van der Waals surface area contributed by atoms with Gasteiger partial charge in [-0.05, 0) is 25.5 Å². The van der Waals surface area contributed by atoms with E-state index in [1.807, 2.05) is 26.1 Å². The lowest BCUT2D eigenvalue weighted by atomic mass is 10.2. The molecule has 0 radical (unpaired) electrons. The zero-order valence-corrected chi connectivity index (χ0v) is 9.68. The van der Waals surface area contributed by atoms with E-state index in [2.05, 4.69) is 9.88 Å². The summed E-state index contributed by atoms with van der Waals surface area (Å²) in [7, 11) is 2.02. The van der Waals surface area contributed by atoms with Crippen molar-refractivity contribution >= 4 is 16.8 Å². The quantitative estimate of drug-likeness (QED) is 0.854. The summed E-state index contributed by atoms with van der Waals surface area (Å²) in [5.41, 5.74) is 6.62. The third-order valence-corrected chi connectivity index (χ3v) is 2.64. The summed E-state index contributed by atoms with van der Waals surface area (Å²) in [6.07, 6.45) is 4.41. The molecule has 0 saturated heterocycles. The van der Waals surface area contributed by atoms with Crippen LogP contribution in [0.3, 0.4) is 0 Å². The van der Waals surface area contributed by atoms with Crippen molar-refractivity contribution in [2.45, 2.75) is 19.4 Å². The summed E-state index contributed by atoms with van der Waals surface area (Å²) < 4.78 is 5.34. The van der Waals surface area contributed by atoms with Crippen LogP contribution in [0.15, 0.2) is 29.0 Å². The van der Waals surface area contributed by atoms with Gasteiger partial charge in [0.15, 0.2) is 0 Å². The number of rotatable bonds is 4. The molecule has 0 saturated carbocycles. The van der Waals surface area contributed by atoms with Gasteiger partial charge in [0.1, 0.15) is 11.4 Å². The number of furan rings is 1. The third kappa shape index (κ3) is 2.17. The van der Waals surface area contributed by atoms with Gasteiger partial charge < -0.3 is 15.1 Å². The number of pyridine rings is 1. The average Bonchev–Trinajstić information content (AvgIpc) is 2.73. The predicted octanol–water partition coefficient (Wildman–Crippen LogP) is 2.00. The Morgan fingerprint density at radius 3 is 3.06 bits per heavy atom. The highest BCUT2D eigenvalue weighted by Gasteiger charge is 2.09. The van der Waals surface area contributed by atoms with E-state index in [0.29, 0.717) is 0 Å². The van der Waals surface area contributed by atoms with Gasteiger partial charge in [-0.1, -0.05) is 0 Å². The maximum absolute atomic E-state index is 5.75. The molecular formula is C12H17N3O. The zero-order chi connectivity index (χ0) is 11.5. The Hall–Kier alpha value is -1.55. The van der Waals surface area contributed by atoms with Crippen molar-refractivity contribution in [1.82, 2.24) is 4.98 Å². The van der Waals surface area contributed by atoms with E-state index in [0.717, 1.165) is 29.8 Å². The second kappa shape index (κ2) is 4.53. The van der Waals surface area contributed by atoms with Crippen LogP contribution < -0.4 is 10.6 Å². The van der Waals surface area contributed by atoms with Gasteiger partial charge in [-0.25, -0.2) is 4.98 Å². The van der Waals surface area contributed by atoms with Crippen molar-refractivity contribution in [1.29, 1.82) is 0 Å². The highest BCUT2D eigenvalue weighted by Crippen LogP contribution is 2.24. The lowest BCUT2D eigenvalue weighted by Crippen LogP contribution is -2.26. The highest BCUT2D eigenvalue weighted by atomic mass is 16.3. The topological polar surface area (TPSA) is 55.3 Å². The van der Waals surface area contributed by atoms with Crippen LogP contribution in [-0.4, -0.2) is 24.6 Å². The van der Waals surface area contributed by atoms with Crippen molar-refractivity contribution in [3.63, 3.8) is 0 Å². The first-order chi connectivity index (χ1) is 7.68. The molecule has 0 aliphatic rings. The van der Waals surface area contributed by atoms with Crippen molar-refractivity contribution in [2.24, 2.45) is 5.73 Å². The van der Waals surface area contributed by atoms with Crippen molar-refractivity contribution in [3.05, 3.63) is 24.6 Å². The van der Waals surface area contributed by atoms with E-state index in [9.17, 15) is 0 Å². The molecule has 2 rings (SSSR count). The Bertz CT molecular complexity index is 464. The minimum atomic E-state index is 0.214. The number of hydrogen-bond donors (Lipinski definition) is 1. The van der Waals surface area contributed by atoms with Crippen LogP contribution in [0.4, 0.5) is 5.82 Å². The summed E-state index contributed by atoms with van der Waals surface area (Å²) >= 11 is 0. The first-order valence-electron chi connectivity index (χ1n) is 5.47. The minimum absolute atomic E-state index is 0.214. The molecule has 2 aromatic heterocycles. The molecular weight excluding hydrogens is 202 g/mol. The van der Waals surface area contributed by atoms with Crippen LogP contribution in [0.2, 0.25) is 0 Å². The molecule has 2 aromatic rings. The molecule has 0 aliphatic heterocycles. The number of hydrogen-bond acceptors (Lipinski definition) is 4. The van der Waals surface area contributed by atoms with Crippen LogP contribution in [0, 0.1) is 0 Å². The second-order valence-corrected chi connectivity index (χ2v) is 4.15. The molecule has 0 aliphatic carbocycles. The van der Waals surface area contributed by atoms with Crippen molar-refractivity contribution in [3.8, 4) is 0 Å². The summed E-state index contributed by atoms with van der Waals surface area (Å²) in [4.78, 5) is 6.49. The molecule has 0 amide bonds. The van der Waals surface area contributed by atoms with Gasteiger partial charge in [0.25, 0.3) is 0 Å². The number of nitrogens with zero attached hydrogens (tertiary/aromatic N) is 2. The van der Waals surface area contributed by atoms with E-state index in [1.54, 1.807) is 12.5 Å². The van der Waals surface area contributed by atoms with E-state index >= 15 is 0 Å². The maximum Gasteiger partial charge on any atom is 0.139 e. The summed E-state index contributed by atoms with van der Waals surface area (Å²) in [5.74, 6) is 0.951. The summed E-state index contributed by atoms with van der Waals surface area (Å²) in [6, 6.07) is 4.03. The number of nitrogens with two attached hydrogens (primary N) is 1. The molecule has 4 heteroatoms. The van der Waals surface area contributed by atoms with Gasteiger partial charge in [0, 0.05) is 25.8 Å². The first-order valence-corrected chi connectivity index (χ1v) is 5.47. The molecule has 0 spiro atoms. The van der Waals surface area contributed by atoms with Crippen molar-refractivity contribution < 1.29 is 4.42 Å².